The Balaban J connectivity index is 2.06. The van der Waals surface area contributed by atoms with E-state index in [0.717, 1.165) is 0 Å². The Morgan fingerprint density at radius 2 is 1.96 bits per heavy atom. The van der Waals surface area contributed by atoms with E-state index in [-0.39, 0.29) is 11.3 Å². The van der Waals surface area contributed by atoms with Crippen molar-refractivity contribution in [2.45, 2.75) is 13.8 Å². The highest BCUT2D eigenvalue weighted by Gasteiger charge is 2.12. The van der Waals surface area contributed by atoms with Crippen LogP contribution < -0.4 is 10.2 Å². The minimum atomic E-state index is -0.580. The second-order valence-corrected chi connectivity index (χ2v) is 6.84. The number of hydrazone groups is 1. The largest absolute Gasteiger partial charge is 0.490 e. The maximum atomic E-state index is 12.0. The Morgan fingerprint density at radius 1 is 1.30 bits per heavy atom. The van der Waals surface area contributed by atoms with Crippen LogP contribution in [0.25, 0.3) is 0 Å². The van der Waals surface area contributed by atoms with Crippen molar-refractivity contribution in [1.29, 1.82) is 0 Å². The SMILES string of the molecule is CC(C)COc1c(Cl)cc(/C=N/NC(=O)c2cccc([N+](=O)[O-])c2)cc1Cl. The molecule has 0 aliphatic rings. The summed E-state index contributed by atoms with van der Waals surface area (Å²) in [5.74, 6) is 0.135. The molecule has 0 spiro atoms. The molecule has 0 fully saturated rings. The van der Waals surface area contributed by atoms with Crippen LogP contribution in [-0.2, 0) is 0 Å². The van der Waals surface area contributed by atoms with Crippen molar-refractivity contribution >= 4 is 41.0 Å². The minimum Gasteiger partial charge on any atom is -0.490 e. The third-order valence-corrected chi connectivity index (χ3v) is 3.84. The zero-order chi connectivity index (χ0) is 20.0. The molecule has 142 valence electrons. The zero-order valence-corrected chi connectivity index (χ0v) is 16.1. The Hall–Kier alpha value is -2.64. The number of halogens is 2. The predicted molar refractivity (Wildman–Crippen MR) is 105 cm³/mol. The summed E-state index contributed by atoms with van der Waals surface area (Å²) >= 11 is 12.4. The van der Waals surface area contributed by atoms with Crippen molar-refractivity contribution in [2.75, 3.05) is 6.61 Å². The van der Waals surface area contributed by atoms with Gasteiger partial charge in [0.1, 0.15) is 0 Å². The van der Waals surface area contributed by atoms with Crippen molar-refractivity contribution in [3.05, 3.63) is 67.7 Å². The number of carbonyl (C=O) groups is 1. The van der Waals surface area contributed by atoms with Gasteiger partial charge in [-0.25, -0.2) is 5.43 Å². The number of nitro benzene ring substituents is 1. The van der Waals surface area contributed by atoms with Crippen LogP contribution in [0.5, 0.6) is 5.75 Å². The molecule has 0 heterocycles. The monoisotopic (exact) mass is 409 g/mol. The van der Waals surface area contributed by atoms with Crippen LogP contribution >= 0.6 is 23.2 Å². The van der Waals surface area contributed by atoms with Crippen LogP contribution in [0.4, 0.5) is 5.69 Å². The second-order valence-electron chi connectivity index (χ2n) is 6.03. The van der Waals surface area contributed by atoms with E-state index in [0.29, 0.717) is 33.9 Å². The molecule has 2 aromatic rings. The molecule has 2 aromatic carbocycles. The molecule has 0 aromatic heterocycles. The minimum absolute atomic E-state index is 0.120. The summed E-state index contributed by atoms with van der Waals surface area (Å²) in [4.78, 5) is 22.2. The molecule has 0 saturated heterocycles. The van der Waals surface area contributed by atoms with Crippen molar-refractivity contribution < 1.29 is 14.5 Å². The number of ether oxygens (including phenoxy) is 1. The van der Waals surface area contributed by atoms with Crippen LogP contribution in [0.15, 0.2) is 41.5 Å². The fourth-order valence-electron chi connectivity index (χ4n) is 2.03. The molecule has 0 atom stereocenters. The lowest BCUT2D eigenvalue weighted by Gasteiger charge is -2.12. The summed E-state index contributed by atoms with van der Waals surface area (Å²) in [5, 5.41) is 15.2. The van der Waals surface area contributed by atoms with E-state index in [1.165, 1.54) is 30.5 Å². The molecule has 1 amide bonds. The number of nitrogens with one attached hydrogen (secondary N) is 1. The van der Waals surface area contributed by atoms with Gasteiger partial charge in [0, 0.05) is 17.7 Å². The van der Waals surface area contributed by atoms with Crippen molar-refractivity contribution in [2.24, 2.45) is 11.0 Å². The molecule has 0 radical (unpaired) electrons. The van der Waals surface area contributed by atoms with E-state index in [2.05, 4.69) is 10.5 Å². The maximum Gasteiger partial charge on any atom is 0.271 e. The highest BCUT2D eigenvalue weighted by Crippen LogP contribution is 2.34. The average molecular weight is 410 g/mol. The fraction of sp³-hybridized carbons (Fsp3) is 0.222. The van der Waals surface area contributed by atoms with Gasteiger partial charge in [0.25, 0.3) is 11.6 Å². The van der Waals surface area contributed by atoms with Crippen LogP contribution in [-0.4, -0.2) is 23.7 Å². The van der Waals surface area contributed by atoms with E-state index in [1.54, 1.807) is 12.1 Å². The lowest BCUT2D eigenvalue weighted by atomic mass is 10.2. The molecule has 0 bridgehead atoms. The first-order chi connectivity index (χ1) is 12.8. The Morgan fingerprint density at radius 3 is 2.56 bits per heavy atom. The van der Waals surface area contributed by atoms with Gasteiger partial charge in [0.05, 0.1) is 27.8 Å². The first-order valence-electron chi connectivity index (χ1n) is 7.97. The number of benzene rings is 2. The number of hydrogen-bond acceptors (Lipinski definition) is 5. The van der Waals surface area contributed by atoms with E-state index in [4.69, 9.17) is 27.9 Å². The topological polar surface area (TPSA) is 93.8 Å². The molecule has 9 heteroatoms. The molecule has 0 aliphatic heterocycles. The Kier molecular flexibility index (Phi) is 7.15. The quantitative estimate of drug-likeness (QED) is 0.407. The number of non-ortho nitro benzene ring substituents is 1. The van der Waals surface area contributed by atoms with E-state index in [9.17, 15) is 14.9 Å². The van der Waals surface area contributed by atoms with Crippen molar-refractivity contribution in [1.82, 2.24) is 5.43 Å². The smallest absolute Gasteiger partial charge is 0.271 e. The third-order valence-electron chi connectivity index (χ3n) is 3.28. The molecular formula is C18H17Cl2N3O4. The van der Waals surface area contributed by atoms with Gasteiger partial charge in [-0.3, -0.25) is 14.9 Å². The summed E-state index contributed by atoms with van der Waals surface area (Å²) in [7, 11) is 0. The van der Waals surface area contributed by atoms with Crippen molar-refractivity contribution in [3.63, 3.8) is 0 Å². The fourth-order valence-corrected chi connectivity index (χ4v) is 2.65. The summed E-state index contributed by atoms with van der Waals surface area (Å²) in [5.41, 5.74) is 2.80. The first kappa shape index (κ1) is 20.7. The van der Waals surface area contributed by atoms with Gasteiger partial charge in [0.2, 0.25) is 0 Å². The highest BCUT2D eigenvalue weighted by molar-refractivity contribution is 6.37. The van der Waals surface area contributed by atoms with Gasteiger partial charge in [0.15, 0.2) is 5.75 Å². The van der Waals surface area contributed by atoms with E-state index < -0.39 is 10.8 Å². The lowest BCUT2D eigenvalue weighted by molar-refractivity contribution is -0.384. The van der Waals surface area contributed by atoms with Gasteiger partial charge in [-0.1, -0.05) is 43.1 Å². The summed E-state index contributed by atoms with van der Waals surface area (Å²) in [6.45, 7) is 4.49. The Bertz CT molecular complexity index is 862. The Labute approximate surface area is 166 Å². The number of hydrogen-bond donors (Lipinski definition) is 1. The molecule has 7 nitrogen and oxygen atoms in total. The van der Waals surface area contributed by atoms with Gasteiger partial charge in [-0.05, 0) is 29.7 Å². The number of nitro groups is 1. The molecule has 0 aliphatic carbocycles. The van der Waals surface area contributed by atoms with Crippen LogP contribution in [0.1, 0.15) is 29.8 Å². The highest BCUT2D eigenvalue weighted by atomic mass is 35.5. The van der Waals surface area contributed by atoms with E-state index >= 15 is 0 Å². The van der Waals surface area contributed by atoms with Gasteiger partial charge < -0.3 is 4.74 Å². The van der Waals surface area contributed by atoms with Gasteiger partial charge in [-0.2, -0.15) is 5.10 Å². The van der Waals surface area contributed by atoms with Gasteiger partial charge in [-0.15, -0.1) is 0 Å². The summed E-state index contributed by atoms with van der Waals surface area (Å²) in [6.07, 6.45) is 1.36. The third kappa shape index (κ3) is 5.94. The molecular weight excluding hydrogens is 393 g/mol. The molecule has 0 unspecified atom stereocenters. The molecule has 27 heavy (non-hydrogen) atoms. The number of carbonyl (C=O) groups excluding carboxylic acids is 1. The maximum absolute atomic E-state index is 12.0. The molecule has 2 rings (SSSR count). The molecule has 1 N–H and O–H groups in total. The van der Waals surface area contributed by atoms with Gasteiger partial charge >= 0.3 is 0 Å². The van der Waals surface area contributed by atoms with Crippen LogP contribution in [0.2, 0.25) is 10.0 Å². The number of rotatable bonds is 7. The predicted octanol–water partition coefficient (Wildman–Crippen LogP) is 4.70. The van der Waals surface area contributed by atoms with Crippen LogP contribution in [0.3, 0.4) is 0 Å². The van der Waals surface area contributed by atoms with E-state index in [1.807, 2.05) is 13.8 Å². The zero-order valence-electron chi connectivity index (χ0n) is 14.6. The van der Waals surface area contributed by atoms with Crippen molar-refractivity contribution in [3.8, 4) is 5.75 Å². The number of amides is 1. The normalized spacial score (nSPS) is 11.0. The second kappa shape index (κ2) is 9.34. The first-order valence-corrected chi connectivity index (χ1v) is 8.73. The summed E-state index contributed by atoms with van der Waals surface area (Å²) < 4.78 is 5.58. The van der Waals surface area contributed by atoms with Crippen LogP contribution in [0, 0.1) is 16.0 Å². The standard InChI is InChI=1S/C18H17Cl2N3O4/c1-11(2)10-27-17-15(19)6-12(7-16(17)20)9-21-22-18(24)13-4-3-5-14(8-13)23(25)26/h3-9,11H,10H2,1-2H3,(H,22,24)/b21-9+. The summed E-state index contributed by atoms with van der Waals surface area (Å²) in [6, 6.07) is 8.54. The molecule has 0 saturated carbocycles. The lowest BCUT2D eigenvalue weighted by Crippen LogP contribution is -2.17. The average Bonchev–Trinajstić information content (AvgIpc) is 2.60. The number of nitrogens with zero attached hydrogens (tertiary/aromatic N) is 2.